The van der Waals surface area contributed by atoms with Crippen molar-refractivity contribution in [1.82, 2.24) is 0 Å². The van der Waals surface area contributed by atoms with Crippen LogP contribution in [0.2, 0.25) is 0 Å². The van der Waals surface area contributed by atoms with Crippen LogP contribution in [0.15, 0.2) is 60.7 Å². The van der Waals surface area contributed by atoms with Crippen molar-refractivity contribution < 1.29 is 19.4 Å². The van der Waals surface area contributed by atoms with E-state index in [0.29, 0.717) is 17.2 Å². The Labute approximate surface area is 197 Å². The lowest BCUT2D eigenvalue weighted by Gasteiger charge is -2.29. The maximum Gasteiger partial charge on any atom is 0.304 e. The number of para-hydroxylation sites is 1. The van der Waals surface area contributed by atoms with Gasteiger partial charge in [0, 0.05) is 17.1 Å². The van der Waals surface area contributed by atoms with Gasteiger partial charge in [0.15, 0.2) is 0 Å². The predicted octanol–water partition coefficient (Wildman–Crippen LogP) is 5.50. The van der Waals surface area contributed by atoms with E-state index in [2.05, 4.69) is 17.9 Å². The molecule has 0 saturated heterocycles. The Bertz CT molecular complexity index is 1200. The van der Waals surface area contributed by atoms with Crippen molar-refractivity contribution in [3.63, 3.8) is 0 Å². The molecule has 3 aromatic rings. The minimum atomic E-state index is -0.876. The number of hydrogen-bond donors (Lipinski definition) is 1. The molecule has 1 N–H and O–H groups in total. The Balaban J connectivity index is 1.39. The summed E-state index contributed by atoms with van der Waals surface area (Å²) < 4.78 is 5.90. The average molecular weight is 460 g/mol. The van der Waals surface area contributed by atoms with Gasteiger partial charge in [-0.1, -0.05) is 36.3 Å². The van der Waals surface area contributed by atoms with Crippen molar-refractivity contribution in [2.45, 2.75) is 38.7 Å². The number of amides is 1. The summed E-state index contributed by atoms with van der Waals surface area (Å²) in [6.45, 7) is 2.80. The summed E-state index contributed by atoms with van der Waals surface area (Å²) in [7, 11) is 0. The Morgan fingerprint density at radius 1 is 1.12 bits per heavy atom. The Morgan fingerprint density at radius 3 is 2.67 bits per heavy atom. The summed E-state index contributed by atoms with van der Waals surface area (Å²) >= 11 is 1.45. The highest BCUT2D eigenvalue weighted by Crippen LogP contribution is 2.30. The molecule has 5 nitrogen and oxygen atoms in total. The molecule has 1 atom stereocenters. The standard InChI is InChI=1S/C27H25NO4S/c1-2-6-21(17-26(29)30)19-10-12-22(13-11-19)32-18-23-14-15-25(33-23)27(31)28-16-5-8-20-7-3-4-9-24(20)28/h3-4,7,9-15,21H,5,8,16-18H2,1H3,(H,29,30). The summed E-state index contributed by atoms with van der Waals surface area (Å²) in [5, 5.41) is 9.09. The molecule has 1 aliphatic rings. The van der Waals surface area contributed by atoms with Gasteiger partial charge in [-0.3, -0.25) is 9.59 Å². The molecule has 0 radical (unpaired) electrons. The van der Waals surface area contributed by atoms with Gasteiger partial charge in [0.2, 0.25) is 0 Å². The molecule has 4 rings (SSSR count). The normalized spacial score (nSPS) is 13.4. The van der Waals surface area contributed by atoms with E-state index in [0.717, 1.165) is 35.5 Å². The quantitative estimate of drug-likeness (QED) is 0.474. The van der Waals surface area contributed by atoms with Gasteiger partial charge in [0.05, 0.1) is 17.2 Å². The van der Waals surface area contributed by atoms with Crippen molar-refractivity contribution in [2.24, 2.45) is 0 Å². The summed E-state index contributed by atoms with van der Waals surface area (Å²) in [4.78, 5) is 27.7. The fourth-order valence-electron chi connectivity index (χ4n) is 4.00. The second-order valence-electron chi connectivity index (χ2n) is 7.86. The third kappa shape index (κ3) is 5.44. The van der Waals surface area contributed by atoms with Crippen LogP contribution in [0.3, 0.4) is 0 Å². The smallest absolute Gasteiger partial charge is 0.304 e. The lowest BCUT2D eigenvalue weighted by Crippen LogP contribution is -2.34. The minimum absolute atomic E-state index is 0.0317. The van der Waals surface area contributed by atoms with Crippen LogP contribution in [0.5, 0.6) is 5.75 Å². The second kappa shape index (κ2) is 10.4. The number of benzene rings is 2. The lowest BCUT2D eigenvalue weighted by molar-refractivity contribution is -0.137. The first kappa shape index (κ1) is 22.6. The zero-order chi connectivity index (χ0) is 23.2. The predicted molar refractivity (Wildman–Crippen MR) is 130 cm³/mol. The molecule has 0 spiro atoms. The molecule has 1 unspecified atom stereocenters. The fourth-order valence-corrected chi connectivity index (χ4v) is 4.87. The van der Waals surface area contributed by atoms with Gasteiger partial charge in [-0.2, -0.15) is 0 Å². The third-order valence-corrected chi connectivity index (χ3v) is 6.64. The van der Waals surface area contributed by atoms with Gasteiger partial charge in [-0.25, -0.2) is 0 Å². The number of ether oxygens (including phenoxy) is 1. The number of hydrogen-bond acceptors (Lipinski definition) is 4. The highest BCUT2D eigenvalue weighted by Gasteiger charge is 2.24. The van der Waals surface area contributed by atoms with Crippen LogP contribution in [0, 0.1) is 11.8 Å². The van der Waals surface area contributed by atoms with Crippen molar-refractivity contribution in [1.29, 1.82) is 0 Å². The van der Waals surface area contributed by atoms with E-state index < -0.39 is 5.97 Å². The lowest BCUT2D eigenvalue weighted by atomic mass is 9.96. The highest BCUT2D eigenvalue weighted by atomic mass is 32.1. The number of fused-ring (bicyclic) bond motifs is 1. The molecule has 6 heteroatoms. The third-order valence-electron chi connectivity index (χ3n) is 5.59. The van der Waals surface area contributed by atoms with Gasteiger partial charge in [0.25, 0.3) is 5.91 Å². The van der Waals surface area contributed by atoms with E-state index in [1.165, 1.54) is 16.9 Å². The van der Waals surface area contributed by atoms with Crippen LogP contribution >= 0.6 is 11.3 Å². The molecule has 168 valence electrons. The van der Waals surface area contributed by atoms with Crippen LogP contribution in [-0.2, 0) is 17.8 Å². The van der Waals surface area contributed by atoms with Crippen LogP contribution in [-0.4, -0.2) is 23.5 Å². The van der Waals surface area contributed by atoms with Crippen LogP contribution in [0.4, 0.5) is 5.69 Å². The number of aliphatic carboxylic acids is 1. The maximum atomic E-state index is 13.1. The second-order valence-corrected chi connectivity index (χ2v) is 9.03. The molecule has 0 aliphatic carbocycles. The Morgan fingerprint density at radius 2 is 1.91 bits per heavy atom. The number of aryl methyl sites for hydroxylation is 1. The summed E-state index contributed by atoms with van der Waals surface area (Å²) in [5.74, 6) is 5.25. The zero-order valence-corrected chi connectivity index (χ0v) is 19.2. The van der Waals surface area contributed by atoms with E-state index in [9.17, 15) is 9.59 Å². The fraction of sp³-hybridized carbons (Fsp3) is 0.259. The van der Waals surface area contributed by atoms with Gasteiger partial charge in [-0.05, 0) is 61.2 Å². The first-order chi connectivity index (χ1) is 16.0. The minimum Gasteiger partial charge on any atom is -0.488 e. The highest BCUT2D eigenvalue weighted by molar-refractivity contribution is 7.14. The van der Waals surface area contributed by atoms with E-state index in [1.54, 1.807) is 6.92 Å². The van der Waals surface area contributed by atoms with Crippen molar-refractivity contribution in [2.75, 3.05) is 11.4 Å². The topological polar surface area (TPSA) is 66.8 Å². The van der Waals surface area contributed by atoms with E-state index >= 15 is 0 Å². The summed E-state index contributed by atoms with van der Waals surface area (Å²) in [6.07, 6.45) is 1.94. The molecular weight excluding hydrogens is 434 g/mol. The van der Waals surface area contributed by atoms with Gasteiger partial charge in [0.1, 0.15) is 12.4 Å². The molecule has 1 aliphatic heterocycles. The molecule has 0 saturated carbocycles. The van der Waals surface area contributed by atoms with Crippen LogP contribution < -0.4 is 9.64 Å². The van der Waals surface area contributed by atoms with Crippen molar-refractivity contribution in [3.05, 3.63) is 81.5 Å². The van der Waals surface area contributed by atoms with Gasteiger partial charge >= 0.3 is 5.97 Å². The monoisotopic (exact) mass is 459 g/mol. The molecular formula is C27H25NO4S. The van der Waals surface area contributed by atoms with E-state index in [4.69, 9.17) is 9.84 Å². The first-order valence-corrected chi connectivity index (χ1v) is 11.7. The van der Waals surface area contributed by atoms with Crippen LogP contribution in [0.25, 0.3) is 0 Å². The maximum absolute atomic E-state index is 13.1. The molecule has 0 fully saturated rings. The first-order valence-electron chi connectivity index (χ1n) is 10.9. The molecule has 1 aromatic heterocycles. The number of carboxylic acids is 1. The summed E-state index contributed by atoms with van der Waals surface area (Å²) in [5.41, 5.74) is 3.08. The number of carbonyl (C=O) groups excluding carboxylic acids is 1. The SMILES string of the molecule is CC#CC(CC(=O)O)c1ccc(OCc2ccc(C(=O)N3CCCc4ccccc43)s2)cc1. The average Bonchev–Trinajstić information content (AvgIpc) is 3.31. The number of carbonyl (C=O) groups is 2. The number of thiophene rings is 1. The molecule has 1 amide bonds. The Hall–Kier alpha value is -3.56. The number of carboxylic acid groups (broad SMARTS) is 1. The molecule has 33 heavy (non-hydrogen) atoms. The van der Waals surface area contributed by atoms with Crippen LogP contribution in [0.1, 0.15) is 51.4 Å². The largest absolute Gasteiger partial charge is 0.488 e. The number of nitrogens with zero attached hydrogens (tertiary/aromatic N) is 1. The number of rotatable bonds is 7. The van der Waals surface area contributed by atoms with E-state index in [-0.39, 0.29) is 18.2 Å². The van der Waals surface area contributed by atoms with Gasteiger partial charge < -0.3 is 14.7 Å². The van der Waals surface area contributed by atoms with Crippen molar-refractivity contribution in [3.8, 4) is 17.6 Å². The zero-order valence-electron chi connectivity index (χ0n) is 18.4. The number of anilines is 1. The molecule has 2 heterocycles. The van der Waals surface area contributed by atoms with Gasteiger partial charge in [-0.15, -0.1) is 17.3 Å². The Kier molecular flexibility index (Phi) is 7.11. The molecule has 0 bridgehead atoms. The van der Waals surface area contributed by atoms with E-state index in [1.807, 2.05) is 59.5 Å². The molecule has 2 aromatic carbocycles. The van der Waals surface area contributed by atoms with Crippen molar-refractivity contribution >= 4 is 28.9 Å². The summed E-state index contributed by atoms with van der Waals surface area (Å²) in [6, 6.07) is 19.2.